The van der Waals surface area contributed by atoms with E-state index in [1.165, 1.54) is 4.90 Å². The minimum Gasteiger partial charge on any atom is -0.396 e. The summed E-state index contributed by atoms with van der Waals surface area (Å²) in [6, 6.07) is 1.62. The largest absolute Gasteiger partial charge is 0.396 e. The number of nitrogen functional groups attached to an aromatic ring is 1. The van der Waals surface area contributed by atoms with Gasteiger partial charge in [0.15, 0.2) is 0 Å². The Labute approximate surface area is 103 Å². The van der Waals surface area contributed by atoms with Crippen molar-refractivity contribution in [1.82, 2.24) is 4.90 Å². The number of nitrogens with zero attached hydrogens (tertiary/aromatic N) is 1. The molecule has 98 valence electrons. The van der Waals surface area contributed by atoms with Gasteiger partial charge in [-0.1, -0.05) is 0 Å². The summed E-state index contributed by atoms with van der Waals surface area (Å²) in [5.74, 6) is -2.32. The summed E-state index contributed by atoms with van der Waals surface area (Å²) in [7, 11) is 0. The van der Waals surface area contributed by atoms with Gasteiger partial charge in [0.25, 0.3) is 5.91 Å². The molecule has 1 aromatic carbocycles. The van der Waals surface area contributed by atoms with E-state index < -0.39 is 23.6 Å². The summed E-state index contributed by atoms with van der Waals surface area (Å²) in [6.07, 6.45) is 0.505. The van der Waals surface area contributed by atoms with Crippen LogP contribution in [0.3, 0.4) is 0 Å². The third-order valence-corrected chi connectivity index (χ3v) is 3.07. The molecule has 1 fully saturated rings. The molecule has 1 amide bonds. The molecule has 0 spiro atoms. The van der Waals surface area contributed by atoms with Gasteiger partial charge in [-0.3, -0.25) is 4.79 Å². The average Bonchev–Trinajstić information content (AvgIpc) is 2.34. The van der Waals surface area contributed by atoms with E-state index in [4.69, 9.17) is 5.73 Å². The fourth-order valence-corrected chi connectivity index (χ4v) is 1.97. The van der Waals surface area contributed by atoms with Crippen LogP contribution >= 0.6 is 0 Å². The second-order valence-corrected chi connectivity index (χ2v) is 4.38. The van der Waals surface area contributed by atoms with E-state index in [0.717, 1.165) is 6.07 Å². The fourth-order valence-electron chi connectivity index (χ4n) is 1.97. The lowest BCUT2D eigenvalue weighted by molar-refractivity contribution is 0.0542. The number of amides is 1. The predicted molar refractivity (Wildman–Crippen MR) is 61.9 cm³/mol. The van der Waals surface area contributed by atoms with Gasteiger partial charge in [-0.25, -0.2) is 8.78 Å². The molecule has 1 aliphatic heterocycles. The number of nitrogens with two attached hydrogens (primary N) is 1. The molecular formula is C12H14F2N2O2. The molecule has 1 heterocycles. The van der Waals surface area contributed by atoms with E-state index in [9.17, 15) is 18.7 Å². The summed E-state index contributed by atoms with van der Waals surface area (Å²) in [5.41, 5.74) is 4.84. The van der Waals surface area contributed by atoms with Crippen molar-refractivity contribution in [2.45, 2.75) is 18.9 Å². The van der Waals surface area contributed by atoms with Gasteiger partial charge < -0.3 is 15.7 Å². The third kappa shape index (κ3) is 2.43. The molecule has 1 aromatic rings. The van der Waals surface area contributed by atoms with Crippen LogP contribution in [-0.4, -0.2) is 35.1 Å². The number of carbonyl (C=O) groups excluding carboxylic acids is 1. The highest BCUT2D eigenvalue weighted by molar-refractivity contribution is 5.95. The number of anilines is 1. The fraction of sp³-hybridized carbons (Fsp3) is 0.417. The van der Waals surface area contributed by atoms with Gasteiger partial charge in [-0.2, -0.15) is 0 Å². The Balaban J connectivity index is 2.21. The second-order valence-electron chi connectivity index (χ2n) is 4.38. The number of carbonyl (C=O) groups is 1. The molecule has 2 rings (SSSR count). The van der Waals surface area contributed by atoms with Crippen molar-refractivity contribution in [3.63, 3.8) is 0 Å². The van der Waals surface area contributed by atoms with Crippen LogP contribution in [-0.2, 0) is 0 Å². The quantitative estimate of drug-likeness (QED) is 0.740. The summed E-state index contributed by atoms with van der Waals surface area (Å²) in [6.45, 7) is 0.716. The SMILES string of the molecule is Nc1cc(C(=O)N2CCC(O)CC2)c(F)cc1F. The Morgan fingerprint density at radius 3 is 2.50 bits per heavy atom. The number of piperidine rings is 1. The maximum Gasteiger partial charge on any atom is 0.256 e. The van der Waals surface area contributed by atoms with Crippen LogP contribution in [0.25, 0.3) is 0 Å². The van der Waals surface area contributed by atoms with Gasteiger partial charge in [0, 0.05) is 19.2 Å². The predicted octanol–water partition coefficient (Wildman–Crippen LogP) is 1.14. The van der Waals surface area contributed by atoms with Gasteiger partial charge in [-0.05, 0) is 18.9 Å². The Hall–Kier alpha value is -1.69. The first-order valence-corrected chi connectivity index (χ1v) is 5.71. The number of likely N-dealkylation sites (tertiary alicyclic amines) is 1. The van der Waals surface area contributed by atoms with E-state index in [0.29, 0.717) is 32.0 Å². The summed E-state index contributed by atoms with van der Waals surface area (Å²) < 4.78 is 26.5. The summed E-state index contributed by atoms with van der Waals surface area (Å²) in [5, 5.41) is 9.33. The zero-order valence-electron chi connectivity index (χ0n) is 9.70. The lowest BCUT2D eigenvalue weighted by Crippen LogP contribution is -2.40. The van der Waals surface area contributed by atoms with E-state index in [1.807, 2.05) is 0 Å². The molecule has 6 heteroatoms. The first-order chi connectivity index (χ1) is 8.49. The van der Waals surface area contributed by atoms with E-state index >= 15 is 0 Å². The Bertz CT molecular complexity index is 471. The molecule has 0 aromatic heterocycles. The van der Waals surface area contributed by atoms with Crippen molar-refractivity contribution < 1.29 is 18.7 Å². The first kappa shape index (κ1) is 12.8. The van der Waals surface area contributed by atoms with Crippen molar-refractivity contribution in [3.05, 3.63) is 29.3 Å². The first-order valence-electron chi connectivity index (χ1n) is 5.71. The minimum absolute atomic E-state index is 0.231. The van der Waals surface area contributed by atoms with Crippen LogP contribution in [0.2, 0.25) is 0 Å². The monoisotopic (exact) mass is 256 g/mol. The highest BCUT2D eigenvalue weighted by Crippen LogP contribution is 2.20. The van der Waals surface area contributed by atoms with Gasteiger partial charge >= 0.3 is 0 Å². The Morgan fingerprint density at radius 2 is 1.89 bits per heavy atom. The number of halogens is 2. The molecule has 3 N–H and O–H groups in total. The van der Waals surface area contributed by atoms with Crippen molar-refractivity contribution in [2.24, 2.45) is 0 Å². The number of hydrogen-bond donors (Lipinski definition) is 2. The molecule has 0 unspecified atom stereocenters. The van der Waals surface area contributed by atoms with E-state index in [2.05, 4.69) is 0 Å². The van der Waals surface area contributed by atoms with Crippen LogP contribution in [0.4, 0.5) is 14.5 Å². The molecule has 4 nitrogen and oxygen atoms in total. The van der Waals surface area contributed by atoms with Gasteiger partial charge in [0.1, 0.15) is 11.6 Å². The normalized spacial score (nSPS) is 16.9. The van der Waals surface area contributed by atoms with Gasteiger partial charge in [0.2, 0.25) is 0 Å². The molecule has 0 radical (unpaired) electrons. The van der Waals surface area contributed by atoms with E-state index in [1.54, 1.807) is 0 Å². The summed E-state index contributed by atoms with van der Waals surface area (Å²) >= 11 is 0. The lowest BCUT2D eigenvalue weighted by Gasteiger charge is -2.29. The van der Waals surface area contributed by atoms with Crippen LogP contribution in [0, 0.1) is 11.6 Å². The molecule has 0 atom stereocenters. The summed E-state index contributed by atoms with van der Waals surface area (Å²) in [4.78, 5) is 13.5. The van der Waals surface area contributed by atoms with Crippen LogP contribution in [0.5, 0.6) is 0 Å². The molecule has 1 saturated heterocycles. The molecular weight excluding hydrogens is 242 g/mol. The van der Waals surface area contributed by atoms with E-state index in [-0.39, 0.29) is 11.3 Å². The number of hydrogen-bond acceptors (Lipinski definition) is 3. The molecule has 0 bridgehead atoms. The molecule has 18 heavy (non-hydrogen) atoms. The van der Waals surface area contributed by atoms with Crippen molar-refractivity contribution in [3.8, 4) is 0 Å². The zero-order valence-corrected chi connectivity index (χ0v) is 9.70. The second kappa shape index (κ2) is 4.89. The molecule has 1 aliphatic rings. The number of aliphatic hydroxyl groups excluding tert-OH is 1. The van der Waals surface area contributed by atoms with Crippen LogP contribution < -0.4 is 5.73 Å². The van der Waals surface area contributed by atoms with Gasteiger partial charge in [-0.15, -0.1) is 0 Å². The van der Waals surface area contributed by atoms with Crippen molar-refractivity contribution in [2.75, 3.05) is 18.8 Å². The zero-order chi connectivity index (χ0) is 13.3. The minimum atomic E-state index is -0.919. The molecule has 0 saturated carbocycles. The standard InChI is InChI=1S/C12H14F2N2O2/c13-9-6-10(14)11(15)5-8(9)12(18)16-3-1-7(17)2-4-16/h5-7,17H,1-4,15H2. The Kier molecular flexibility index (Phi) is 3.47. The number of rotatable bonds is 1. The third-order valence-electron chi connectivity index (χ3n) is 3.07. The van der Waals surface area contributed by atoms with Gasteiger partial charge in [0.05, 0.1) is 17.4 Å². The topological polar surface area (TPSA) is 66.6 Å². The smallest absolute Gasteiger partial charge is 0.256 e. The van der Waals surface area contributed by atoms with Crippen LogP contribution in [0.1, 0.15) is 23.2 Å². The Morgan fingerprint density at radius 1 is 1.28 bits per heavy atom. The highest BCUT2D eigenvalue weighted by atomic mass is 19.1. The molecule has 0 aliphatic carbocycles. The average molecular weight is 256 g/mol. The number of benzene rings is 1. The maximum absolute atomic E-state index is 13.5. The van der Waals surface area contributed by atoms with Crippen molar-refractivity contribution in [1.29, 1.82) is 0 Å². The maximum atomic E-state index is 13.5. The lowest BCUT2D eigenvalue weighted by atomic mass is 10.1. The van der Waals surface area contributed by atoms with Crippen molar-refractivity contribution >= 4 is 11.6 Å². The number of aliphatic hydroxyl groups is 1. The van der Waals surface area contributed by atoms with Crippen LogP contribution in [0.15, 0.2) is 12.1 Å². The highest BCUT2D eigenvalue weighted by Gasteiger charge is 2.25.